The number of hydrogen-bond acceptors (Lipinski definition) is 5. The van der Waals surface area contributed by atoms with Crippen LogP contribution in [0.25, 0.3) is 0 Å². The number of aromatic nitrogens is 3. The quantitative estimate of drug-likeness (QED) is 0.803. The minimum Gasteiger partial charge on any atom is -0.300 e. The zero-order valence-corrected chi connectivity index (χ0v) is 12.4. The van der Waals surface area contributed by atoms with Crippen molar-refractivity contribution in [3.63, 3.8) is 0 Å². The third kappa shape index (κ3) is 3.04. The molecule has 1 fully saturated rings. The molecule has 1 aliphatic heterocycles. The van der Waals surface area contributed by atoms with Crippen LogP contribution in [0.4, 0.5) is 0 Å². The molecule has 0 aliphatic carbocycles. The maximum Gasteiger partial charge on any atom is 0.246 e. The van der Waals surface area contributed by atoms with E-state index in [1.54, 1.807) is 4.68 Å². The zero-order valence-electron chi connectivity index (χ0n) is 12.4. The van der Waals surface area contributed by atoms with Crippen LogP contribution in [0, 0.1) is 0 Å². The van der Waals surface area contributed by atoms with Crippen molar-refractivity contribution in [1.82, 2.24) is 25.2 Å². The number of amides is 2. The van der Waals surface area contributed by atoms with Crippen molar-refractivity contribution in [2.75, 3.05) is 7.05 Å². The summed E-state index contributed by atoms with van der Waals surface area (Å²) in [7, 11) is 1.52. The molecular formula is C13H21N5O2. The minimum absolute atomic E-state index is 0.113. The molecule has 7 nitrogen and oxygen atoms in total. The average molecular weight is 279 g/mol. The Morgan fingerprint density at radius 3 is 2.70 bits per heavy atom. The second-order valence-electron chi connectivity index (χ2n) is 6.09. The number of nitrogens with one attached hydrogen (secondary N) is 1. The van der Waals surface area contributed by atoms with Crippen LogP contribution in [0.2, 0.25) is 0 Å². The van der Waals surface area contributed by atoms with E-state index in [0.29, 0.717) is 19.4 Å². The topological polar surface area (TPSA) is 80.1 Å². The average Bonchev–Trinajstić information content (AvgIpc) is 2.84. The van der Waals surface area contributed by atoms with Crippen molar-refractivity contribution in [3.8, 4) is 0 Å². The van der Waals surface area contributed by atoms with Crippen molar-refractivity contribution in [2.45, 2.75) is 51.7 Å². The van der Waals surface area contributed by atoms with E-state index >= 15 is 0 Å². The summed E-state index contributed by atoms with van der Waals surface area (Å²) in [5.74, 6) is -0.295. The van der Waals surface area contributed by atoms with Gasteiger partial charge in [-0.2, -0.15) is 0 Å². The first-order valence-corrected chi connectivity index (χ1v) is 6.74. The van der Waals surface area contributed by atoms with Crippen LogP contribution in [-0.4, -0.2) is 44.8 Å². The molecule has 0 spiro atoms. The molecule has 1 aromatic heterocycles. The lowest BCUT2D eigenvalue weighted by Crippen LogP contribution is -2.51. The van der Waals surface area contributed by atoms with Gasteiger partial charge in [0.15, 0.2) is 0 Å². The van der Waals surface area contributed by atoms with Crippen molar-refractivity contribution in [3.05, 3.63) is 11.9 Å². The van der Waals surface area contributed by atoms with Gasteiger partial charge in [0.05, 0.1) is 23.5 Å². The first kappa shape index (κ1) is 14.6. The molecule has 1 N–H and O–H groups in total. The highest BCUT2D eigenvalue weighted by molar-refractivity contribution is 6.00. The molecule has 2 heterocycles. The van der Waals surface area contributed by atoms with Gasteiger partial charge in [0.1, 0.15) is 0 Å². The van der Waals surface area contributed by atoms with E-state index in [1.807, 2.05) is 27.0 Å². The predicted molar refractivity (Wildman–Crippen MR) is 72.7 cm³/mol. The lowest BCUT2D eigenvalue weighted by Gasteiger charge is -2.28. The highest BCUT2D eigenvalue weighted by atomic mass is 16.2. The Bertz CT molecular complexity index is 517. The molecule has 20 heavy (non-hydrogen) atoms. The van der Waals surface area contributed by atoms with Gasteiger partial charge in [-0.25, -0.2) is 4.68 Å². The molecule has 1 aliphatic rings. The van der Waals surface area contributed by atoms with E-state index < -0.39 is 0 Å². The van der Waals surface area contributed by atoms with E-state index in [-0.39, 0.29) is 23.4 Å². The number of carbonyl (C=O) groups is 2. The molecule has 110 valence electrons. The van der Waals surface area contributed by atoms with Gasteiger partial charge < -0.3 is 5.32 Å². The Hall–Kier alpha value is -1.76. The van der Waals surface area contributed by atoms with Crippen LogP contribution in [-0.2, 0) is 21.7 Å². The van der Waals surface area contributed by atoms with E-state index in [4.69, 9.17) is 0 Å². The SMILES string of the molecule is CN1C(=O)CCC(NCc2cn(C(C)(C)C)nn2)C1=O. The van der Waals surface area contributed by atoms with Gasteiger partial charge in [-0.3, -0.25) is 14.5 Å². The van der Waals surface area contributed by atoms with E-state index in [0.717, 1.165) is 5.69 Å². The number of hydrogen-bond donors (Lipinski definition) is 1. The predicted octanol–water partition coefficient (Wildman–Crippen LogP) is 0.270. The first-order valence-electron chi connectivity index (χ1n) is 6.74. The smallest absolute Gasteiger partial charge is 0.246 e. The normalized spacial score (nSPS) is 20.6. The molecule has 1 aromatic rings. The summed E-state index contributed by atoms with van der Waals surface area (Å²) in [5.41, 5.74) is 0.672. The van der Waals surface area contributed by atoms with Gasteiger partial charge in [0, 0.05) is 20.0 Å². The Kier molecular flexibility index (Phi) is 3.89. The van der Waals surface area contributed by atoms with E-state index in [2.05, 4.69) is 15.6 Å². The Morgan fingerprint density at radius 2 is 2.10 bits per heavy atom. The zero-order chi connectivity index (χ0) is 14.9. The van der Waals surface area contributed by atoms with E-state index in [1.165, 1.54) is 11.9 Å². The summed E-state index contributed by atoms with van der Waals surface area (Å²) < 4.78 is 1.79. The summed E-state index contributed by atoms with van der Waals surface area (Å²) in [5, 5.41) is 11.3. The molecular weight excluding hydrogens is 258 g/mol. The second kappa shape index (κ2) is 5.32. The van der Waals surface area contributed by atoms with Gasteiger partial charge in [-0.05, 0) is 27.2 Å². The number of rotatable bonds is 3. The summed E-state index contributed by atoms with van der Waals surface area (Å²) >= 11 is 0. The van der Waals surface area contributed by atoms with Gasteiger partial charge in [-0.1, -0.05) is 5.21 Å². The highest BCUT2D eigenvalue weighted by Crippen LogP contribution is 2.13. The summed E-state index contributed by atoms with van der Waals surface area (Å²) in [6.07, 6.45) is 2.80. The number of likely N-dealkylation sites (tertiary alicyclic amines) is 1. The molecule has 0 aromatic carbocycles. The molecule has 2 amide bonds. The largest absolute Gasteiger partial charge is 0.300 e. The summed E-state index contributed by atoms with van der Waals surface area (Å²) in [4.78, 5) is 24.5. The maximum atomic E-state index is 11.9. The van der Waals surface area contributed by atoms with Crippen molar-refractivity contribution < 1.29 is 9.59 Å². The van der Waals surface area contributed by atoms with Crippen molar-refractivity contribution in [1.29, 1.82) is 0 Å². The molecule has 0 bridgehead atoms. The standard InChI is InChI=1S/C13H21N5O2/c1-13(2,3)18-8-9(15-16-18)7-14-10-5-6-11(19)17(4)12(10)20/h8,10,14H,5-7H2,1-4H3. The fourth-order valence-electron chi connectivity index (χ4n) is 2.04. The Balaban J connectivity index is 1.94. The first-order chi connectivity index (χ1) is 9.29. The van der Waals surface area contributed by atoms with Gasteiger partial charge in [0.25, 0.3) is 0 Å². The van der Waals surface area contributed by atoms with Gasteiger partial charge >= 0.3 is 0 Å². The van der Waals surface area contributed by atoms with Crippen LogP contribution in [0.5, 0.6) is 0 Å². The van der Waals surface area contributed by atoms with E-state index in [9.17, 15) is 9.59 Å². The molecule has 0 saturated carbocycles. The number of piperidine rings is 1. The molecule has 1 unspecified atom stereocenters. The monoisotopic (exact) mass is 279 g/mol. The van der Waals surface area contributed by atoms with Crippen LogP contribution >= 0.6 is 0 Å². The van der Waals surface area contributed by atoms with Crippen LogP contribution < -0.4 is 5.32 Å². The second-order valence-corrected chi connectivity index (χ2v) is 6.09. The lowest BCUT2D eigenvalue weighted by atomic mass is 10.0. The lowest BCUT2D eigenvalue weighted by molar-refractivity contribution is -0.148. The van der Waals surface area contributed by atoms with Crippen LogP contribution in [0.1, 0.15) is 39.3 Å². The maximum absolute atomic E-state index is 11.9. The summed E-state index contributed by atoms with van der Waals surface area (Å²) in [6.45, 7) is 6.60. The Morgan fingerprint density at radius 1 is 1.40 bits per heavy atom. The highest BCUT2D eigenvalue weighted by Gasteiger charge is 2.31. The number of imide groups is 1. The molecule has 7 heteroatoms. The molecule has 1 atom stereocenters. The third-order valence-corrected chi connectivity index (χ3v) is 3.41. The molecule has 0 radical (unpaired) electrons. The van der Waals surface area contributed by atoms with Crippen molar-refractivity contribution in [2.24, 2.45) is 0 Å². The fourth-order valence-corrected chi connectivity index (χ4v) is 2.04. The van der Waals surface area contributed by atoms with Gasteiger partial charge in [-0.15, -0.1) is 5.10 Å². The minimum atomic E-state index is -0.322. The molecule has 2 rings (SSSR count). The third-order valence-electron chi connectivity index (χ3n) is 3.41. The van der Waals surface area contributed by atoms with Gasteiger partial charge in [0.2, 0.25) is 11.8 Å². The van der Waals surface area contributed by atoms with Crippen molar-refractivity contribution >= 4 is 11.8 Å². The Labute approximate surface area is 118 Å². The van der Waals surface area contributed by atoms with Crippen LogP contribution in [0.15, 0.2) is 6.20 Å². The fraction of sp³-hybridized carbons (Fsp3) is 0.692. The number of nitrogens with zero attached hydrogens (tertiary/aromatic N) is 4. The number of likely N-dealkylation sites (N-methyl/N-ethyl adjacent to an activating group) is 1. The molecule has 1 saturated heterocycles. The van der Waals surface area contributed by atoms with Crippen LogP contribution in [0.3, 0.4) is 0 Å². The number of carbonyl (C=O) groups excluding carboxylic acids is 2. The summed E-state index contributed by atoms with van der Waals surface area (Å²) in [6, 6.07) is -0.322.